The van der Waals surface area contributed by atoms with E-state index in [1.165, 1.54) is 0 Å². The number of pyridine rings is 1. The predicted molar refractivity (Wildman–Crippen MR) is 73.0 cm³/mol. The van der Waals surface area contributed by atoms with Crippen molar-refractivity contribution in [2.24, 2.45) is 0 Å². The molecule has 1 aromatic rings. The number of nitrogens with zero attached hydrogens (tertiary/aromatic N) is 1. The van der Waals surface area contributed by atoms with Crippen molar-refractivity contribution in [1.82, 2.24) is 4.98 Å². The van der Waals surface area contributed by atoms with Gasteiger partial charge in [0, 0.05) is 11.4 Å². The topological polar surface area (TPSA) is 48.1 Å². The van der Waals surface area contributed by atoms with Crippen LogP contribution in [0.15, 0.2) is 18.3 Å². The van der Waals surface area contributed by atoms with Crippen LogP contribution in [-0.2, 0) is 4.65 Å². The maximum atomic E-state index is 5.79. The van der Waals surface area contributed by atoms with Crippen molar-refractivity contribution in [3.63, 3.8) is 0 Å². The Hall–Kier alpha value is -0.595. The highest BCUT2D eigenvalue weighted by Gasteiger charge is 2.33. The van der Waals surface area contributed by atoms with Crippen molar-refractivity contribution < 1.29 is 4.65 Å². The van der Waals surface area contributed by atoms with Crippen LogP contribution in [0.2, 0.25) is 0 Å². The molecule has 87 valence electrons. The second-order valence-electron chi connectivity index (χ2n) is 4.98. The molecule has 5 heteroatoms. The molecule has 0 spiro atoms. The van der Waals surface area contributed by atoms with Crippen molar-refractivity contribution in [3.05, 3.63) is 18.3 Å². The van der Waals surface area contributed by atoms with E-state index in [1.54, 1.807) is 19.7 Å². The lowest BCUT2D eigenvalue weighted by atomic mass is 9.85. The van der Waals surface area contributed by atoms with Crippen LogP contribution in [0.5, 0.6) is 0 Å². The summed E-state index contributed by atoms with van der Waals surface area (Å²) in [5.41, 5.74) is 6.16. The average Bonchev–Trinajstić information content (AvgIpc) is 2.15. The fourth-order valence-corrected chi connectivity index (χ4v) is 0.922. The van der Waals surface area contributed by atoms with Crippen LogP contribution < -0.4 is 11.2 Å². The van der Waals surface area contributed by atoms with Gasteiger partial charge in [-0.15, -0.1) is 9.24 Å². The third kappa shape index (κ3) is 3.46. The van der Waals surface area contributed by atoms with Crippen LogP contribution >= 0.6 is 9.24 Å². The number of anilines is 1. The standard InChI is InChI=1S/C11H19BN2OP/c1-10(2,11(3,4)16)15-12-8-5-6-9(13)14-7-8/h5-7H,16H2,1-4H3,(H2,13,14). The van der Waals surface area contributed by atoms with Gasteiger partial charge in [-0.25, -0.2) is 4.98 Å². The number of nitrogens with two attached hydrogens (primary N) is 1. The first-order chi connectivity index (χ1) is 7.22. The first-order valence-electron chi connectivity index (χ1n) is 5.24. The van der Waals surface area contributed by atoms with Gasteiger partial charge in [0.15, 0.2) is 0 Å². The van der Waals surface area contributed by atoms with Crippen LogP contribution in [0.4, 0.5) is 5.82 Å². The van der Waals surface area contributed by atoms with Gasteiger partial charge in [0.1, 0.15) is 5.82 Å². The van der Waals surface area contributed by atoms with E-state index in [9.17, 15) is 0 Å². The highest BCUT2D eigenvalue weighted by molar-refractivity contribution is 7.19. The predicted octanol–water partition coefficient (Wildman–Crippen LogP) is 1.36. The Morgan fingerprint density at radius 2 is 1.94 bits per heavy atom. The molecule has 0 amide bonds. The van der Waals surface area contributed by atoms with Crippen molar-refractivity contribution in [3.8, 4) is 0 Å². The molecule has 0 bridgehead atoms. The number of nitrogen functional groups attached to an aromatic ring is 1. The van der Waals surface area contributed by atoms with E-state index < -0.39 is 0 Å². The zero-order chi connectivity index (χ0) is 12.4. The molecule has 1 atom stereocenters. The molecular formula is C11H19BN2OP. The molecular weight excluding hydrogens is 218 g/mol. The molecule has 0 aliphatic heterocycles. The van der Waals surface area contributed by atoms with Gasteiger partial charge < -0.3 is 10.4 Å². The Labute approximate surface area is 101 Å². The molecule has 1 unspecified atom stereocenters. The summed E-state index contributed by atoms with van der Waals surface area (Å²) >= 11 is 0. The zero-order valence-electron chi connectivity index (χ0n) is 10.3. The van der Waals surface area contributed by atoms with Crippen molar-refractivity contribution in [1.29, 1.82) is 0 Å². The minimum atomic E-state index is -0.265. The Morgan fingerprint density at radius 3 is 2.38 bits per heavy atom. The summed E-state index contributed by atoms with van der Waals surface area (Å²) < 4.78 is 5.79. The Kier molecular flexibility index (Phi) is 3.98. The Balaban J connectivity index is 2.61. The molecule has 1 rings (SSSR count). The van der Waals surface area contributed by atoms with E-state index in [1.807, 2.05) is 6.07 Å². The second-order valence-corrected chi connectivity index (χ2v) is 6.43. The highest BCUT2D eigenvalue weighted by Crippen LogP contribution is 2.32. The quantitative estimate of drug-likeness (QED) is 0.635. The van der Waals surface area contributed by atoms with Crippen LogP contribution in [0, 0.1) is 0 Å². The summed E-state index contributed by atoms with van der Waals surface area (Å²) in [5.74, 6) is 0.516. The molecule has 1 heterocycles. The summed E-state index contributed by atoms with van der Waals surface area (Å²) in [6.45, 7) is 8.35. The lowest BCUT2D eigenvalue weighted by Gasteiger charge is -2.38. The number of hydrogen-bond donors (Lipinski definition) is 1. The first-order valence-corrected chi connectivity index (χ1v) is 5.81. The van der Waals surface area contributed by atoms with E-state index >= 15 is 0 Å². The summed E-state index contributed by atoms with van der Waals surface area (Å²) in [7, 11) is 4.52. The molecule has 16 heavy (non-hydrogen) atoms. The van der Waals surface area contributed by atoms with Gasteiger partial charge in [0.05, 0.1) is 5.60 Å². The van der Waals surface area contributed by atoms with Crippen molar-refractivity contribution in [2.45, 2.75) is 38.5 Å². The number of aromatic nitrogens is 1. The monoisotopic (exact) mass is 237 g/mol. The SMILES string of the molecule is CC(C)(P)C(C)(C)O[B]c1ccc(N)nc1. The largest absolute Gasteiger partial charge is 0.429 e. The zero-order valence-corrected chi connectivity index (χ0v) is 11.5. The average molecular weight is 237 g/mol. The summed E-state index contributed by atoms with van der Waals surface area (Å²) in [6.07, 6.45) is 1.70. The lowest BCUT2D eigenvalue weighted by molar-refractivity contribution is 0.0841. The number of hydrogen-bond acceptors (Lipinski definition) is 3. The molecule has 0 aliphatic carbocycles. The minimum absolute atomic E-state index is 0.00919. The van der Waals surface area contributed by atoms with E-state index in [2.05, 4.69) is 41.9 Å². The summed E-state index contributed by atoms with van der Waals surface area (Å²) in [6, 6.07) is 3.64. The fraction of sp³-hybridized carbons (Fsp3) is 0.545. The van der Waals surface area contributed by atoms with Crippen LogP contribution in [0.3, 0.4) is 0 Å². The van der Waals surface area contributed by atoms with Gasteiger partial charge in [-0.05, 0) is 25.4 Å². The Bertz CT molecular complexity index is 346. The van der Waals surface area contributed by atoms with E-state index in [4.69, 9.17) is 10.4 Å². The first kappa shape index (κ1) is 13.5. The minimum Gasteiger partial charge on any atom is -0.429 e. The van der Waals surface area contributed by atoms with E-state index in [0.717, 1.165) is 5.46 Å². The smallest absolute Gasteiger partial charge is 0.332 e. The van der Waals surface area contributed by atoms with Crippen molar-refractivity contribution >= 4 is 28.0 Å². The van der Waals surface area contributed by atoms with E-state index in [-0.39, 0.29) is 10.8 Å². The van der Waals surface area contributed by atoms with Crippen molar-refractivity contribution in [2.75, 3.05) is 5.73 Å². The fourth-order valence-electron chi connectivity index (χ4n) is 0.854. The molecule has 0 saturated carbocycles. The van der Waals surface area contributed by atoms with Gasteiger partial charge in [0.25, 0.3) is 0 Å². The van der Waals surface area contributed by atoms with Crippen LogP contribution in [-0.4, -0.2) is 23.2 Å². The second kappa shape index (κ2) is 4.73. The number of rotatable bonds is 4. The summed E-state index contributed by atoms with van der Waals surface area (Å²) in [5, 5.41) is -0.00919. The Morgan fingerprint density at radius 1 is 1.31 bits per heavy atom. The molecule has 0 fully saturated rings. The van der Waals surface area contributed by atoms with Crippen LogP contribution in [0.1, 0.15) is 27.7 Å². The molecule has 0 aromatic carbocycles. The molecule has 1 aromatic heterocycles. The van der Waals surface area contributed by atoms with Gasteiger partial charge in [0.2, 0.25) is 0 Å². The molecule has 1 radical (unpaired) electrons. The van der Waals surface area contributed by atoms with Crippen LogP contribution in [0.25, 0.3) is 0 Å². The maximum Gasteiger partial charge on any atom is 0.332 e. The maximum absolute atomic E-state index is 5.79. The van der Waals surface area contributed by atoms with Gasteiger partial charge in [-0.3, -0.25) is 0 Å². The molecule has 2 N–H and O–H groups in total. The third-order valence-electron chi connectivity index (χ3n) is 2.85. The molecule has 0 saturated heterocycles. The van der Waals surface area contributed by atoms with Gasteiger partial charge >= 0.3 is 7.48 Å². The van der Waals surface area contributed by atoms with Gasteiger partial charge in [-0.1, -0.05) is 19.9 Å². The van der Waals surface area contributed by atoms with E-state index in [0.29, 0.717) is 5.82 Å². The molecule has 0 aliphatic rings. The lowest BCUT2D eigenvalue weighted by Crippen LogP contribution is -2.45. The molecule has 3 nitrogen and oxygen atoms in total. The summed E-state index contributed by atoms with van der Waals surface area (Å²) in [4.78, 5) is 4.00. The van der Waals surface area contributed by atoms with Gasteiger partial charge in [-0.2, -0.15) is 0 Å². The normalized spacial score (nSPS) is 12.6. The third-order valence-corrected chi connectivity index (χ3v) is 3.55. The highest BCUT2D eigenvalue weighted by atomic mass is 31.0.